The third kappa shape index (κ3) is 4.41. The Morgan fingerprint density at radius 1 is 1.21 bits per heavy atom. The first kappa shape index (κ1) is 12.0. The Labute approximate surface area is 87.5 Å². The van der Waals surface area contributed by atoms with Crippen LogP contribution in [0.4, 0.5) is 4.39 Å². The zero-order chi connectivity index (χ0) is 10.4. The molecule has 1 aliphatic carbocycles. The van der Waals surface area contributed by atoms with Crippen molar-refractivity contribution in [2.24, 2.45) is 5.92 Å². The van der Waals surface area contributed by atoms with Crippen LogP contribution in [0.1, 0.15) is 52.4 Å². The van der Waals surface area contributed by atoms with Gasteiger partial charge in [0, 0.05) is 12.1 Å². The second-order valence-electron chi connectivity index (χ2n) is 4.98. The van der Waals surface area contributed by atoms with E-state index >= 15 is 0 Å². The lowest BCUT2D eigenvalue weighted by molar-refractivity contribution is 0.271. The van der Waals surface area contributed by atoms with Gasteiger partial charge in [0.05, 0.1) is 0 Å². The van der Waals surface area contributed by atoms with Crippen LogP contribution in [0.2, 0.25) is 0 Å². The van der Waals surface area contributed by atoms with Crippen molar-refractivity contribution >= 4 is 0 Å². The van der Waals surface area contributed by atoms with Gasteiger partial charge in [-0.25, -0.2) is 4.39 Å². The topological polar surface area (TPSA) is 12.0 Å². The predicted molar refractivity (Wildman–Crippen MR) is 59.2 cm³/mol. The molecule has 0 heterocycles. The smallest absolute Gasteiger partial charge is 0.105 e. The molecular formula is C12H24FN. The van der Waals surface area contributed by atoms with Crippen LogP contribution < -0.4 is 5.32 Å². The van der Waals surface area contributed by atoms with E-state index in [0.29, 0.717) is 12.0 Å². The molecule has 0 aromatic rings. The molecular weight excluding hydrogens is 177 g/mol. The fraction of sp³-hybridized carbons (Fsp3) is 1.00. The predicted octanol–water partition coefficient (Wildman–Crippen LogP) is 3.29. The van der Waals surface area contributed by atoms with Crippen molar-refractivity contribution < 1.29 is 4.39 Å². The number of alkyl halides is 1. The number of hydrogen-bond acceptors (Lipinski definition) is 1. The molecule has 0 amide bonds. The Kier molecular flexibility index (Phi) is 5.46. The first-order chi connectivity index (χ1) is 6.72. The highest BCUT2D eigenvalue weighted by Crippen LogP contribution is 2.19. The van der Waals surface area contributed by atoms with Gasteiger partial charge < -0.3 is 5.32 Å². The van der Waals surface area contributed by atoms with E-state index < -0.39 is 0 Å². The van der Waals surface area contributed by atoms with E-state index in [4.69, 9.17) is 0 Å². The molecule has 84 valence electrons. The summed E-state index contributed by atoms with van der Waals surface area (Å²) >= 11 is 0. The van der Waals surface area contributed by atoms with E-state index in [-0.39, 0.29) is 12.7 Å². The van der Waals surface area contributed by atoms with E-state index in [9.17, 15) is 4.39 Å². The van der Waals surface area contributed by atoms with E-state index in [1.807, 2.05) is 0 Å². The van der Waals surface area contributed by atoms with Crippen molar-refractivity contribution in [1.82, 2.24) is 5.32 Å². The molecule has 1 saturated carbocycles. The van der Waals surface area contributed by atoms with Crippen LogP contribution in [-0.2, 0) is 0 Å². The highest BCUT2D eigenvalue weighted by molar-refractivity contribution is 4.77. The van der Waals surface area contributed by atoms with Gasteiger partial charge in [0.15, 0.2) is 0 Å². The summed E-state index contributed by atoms with van der Waals surface area (Å²) in [4.78, 5) is 0. The Bertz CT molecular complexity index is 141. The summed E-state index contributed by atoms with van der Waals surface area (Å²) in [6.07, 6.45) is 7.45. The highest BCUT2D eigenvalue weighted by atomic mass is 19.1. The standard InChI is InChI=1S/C12H24FN/c1-10(2)8-12(9-13)14-11-6-4-3-5-7-11/h10-12,14H,3-9H2,1-2H3. The van der Waals surface area contributed by atoms with Crippen LogP contribution in [0.15, 0.2) is 0 Å². The molecule has 0 bridgehead atoms. The summed E-state index contributed by atoms with van der Waals surface area (Å²) in [5.41, 5.74) is 0. The van der Waals surface area contributed by atoms with Crippen LogP contribution in [-0.4, -0.2) is 18.8 Å². The van der Waals surface area contributed by atoms with Crippen molar-refractivity contribution in [2.45, 2.75) is 64.5 Å². The normalized spacial score (nSPS) is 21.4. The Balaban J connectivity index is 2.23. The third-order valence-corrected chi connectivity index (χ3v) is 3.02. The molecule has 1 aliphatic rings. The second-order valence-corrected chi connectivity index (χ2v) is 4.98. The molecule has 1 unspecified atom stereocenters. The summed E-state index contributed by atoms with van der Waals surface area (Å²) in [7, 11) is 0. The molecule has 0 aromatic heterocycles. The van der Waals surface area contributed by atoms with Gasteiger partial charge in [-0.1, -0.05) is 33.1 Å². The van der Waals surface area contributed by atoms with Crippen molar-refractivity contribution in [3.63, 3.8) is 0 Å². The largest absolute Gasteiger partial charge is 0.309 e. The van der Waals surface area contributed by atoms with Gasteiger partial charge in [0.1, 0.15) is 6.67 Å². The van der Waals surface area contributed by atoms with E-state index in [1.165, 1.54) is 32.1 Å². The zero-order valence-corrected chi connectivity index (χ0v) is 9.56. The summed E-state index contributed by atoms with van der Waals surface area (Å²) in [5.74, 6) is 0.590. The van der Waals surface area contributed by atoms with Crippen LogP contribution in [0.25, 0.3) is 0 Å². The van der Waals surface area contributed by atoms with Gasteiger partial charge in [-0.2, -0.15) is 0 Å². The maximum atomic E-state index is 12.7. The van der Waals surface area contributed by atoms with E-state index in [0.717, 1.165) is 6.42 Å². The summed E-state index contributed by atoms with van der Waals surface area (Å²) in [6, 6.07) is 0.682. The van der Waals surface area contributed by atoms with Gasteiger partial charge in [-0.3, -0.25) is 0 Å². The minimum atomic E-state index is -0.214. The number of nitrogens with one attached hydrogen (secondary N) is 1. The zero-order valence-electron chi connectivity index (χ0n) is 9.56. The highest BCUT2D eigenvalue weighted by Gasteiger charge is 2.18. The van der Waals surface area contributed by atoms with Crippen LogP contribution in [0.3, 0.4) is 0 Å². The quantitative estimate of drug-likeness (QED) is 0.719. The minimum Gasteiger partial charge on any atom is -0.309 e. The van der Waals surface area contributed by atoms with Gasteiger partial charge in [-0.15, -0.1) is 0 Å². The average Bonchev–Trinajstić information content (AvgIpc) is 2.17. The molecule has 0 saturated heterocycles. The number of halogens is 1. The first-order valence-electron chi connectivity index (χ1n) is 6.04. The monoisotopic (exact) mass is 201 g/mol. The van der Waals surface area contributed by atoms with Crippen LogP contribution in [0.5, 0.6) is 0 Å². The summed E-state index contributed by atoms with van der Waals surface area (Å²) in [6.45, 7) is 4.10. The third-order valence-electron chi connectivity index (χ3n) is 3.02. The molecule has 0 radical (unpaired) electrons. The Morgan fingerprint density at radius 2 is 1.86 bits per heavy atom. The lowest BCUT2D eigenvalue weighted by Gasteiger charge is -2.28. The minimum absolute atomic E-state index is 0.0955. The van der Waals surface area contributed by atoms with Crippen LogP contribution >= 0.6 is 0 Å². The van der Waals surface area contributed by atoms with Crippen LogP contribution in [0, 0.1) is 5.92 Å². The average molecular weight is 201 g/mol. The van der Waals surface area contributed by atoms with Gasteiger partial charge in [-0.05, 0) is 25.2 Å². The first-order valence-corrected chi connectivity index (χ1v) is 6.04. The molecule has 0 aromatic carbocycles. The lowest BCUT2D eigenvalue weighted by atomic mass is 9.94. The lowest BCUT2D eigenvalue weighted by Crippen LogP contribution is -2.41. The SMILES string of the molecule is CC(C)CC(CF)NC1CCCCC1. The maximum Gasteiger partial charge on any atom is 0.105 e. The molecule has 1 nitrogen and oxygen atoms in total. The van der Waals surface area contributed by atoms with Gasteiger partial charge in [0.25, 0.3) is 0 Å². The molecule has 1 N–H and O–H groups in total. The fourth-order valence-corrected chi connectivity index (χ4v) is 2.35. The Hall–Kier alpha value is -0.110. The maximum absolute atomic E-state index is 12.7. The molecule has 0 aliphatic heterocycles. The van der Waals surface area contributed by atoms with Crippen molar-refractivity contribution in [1.29, 1.82) is 0 Å². The van der Waals surface area contributed by atoms with Crippen molar-refractivity contribution in [2.75, 3.05) is 6.67 Å². The molecule has 14 heavy (non-hydrogen) atoms. The second kappa shape index (κ2) is 6.39. The van der Waals surface area contributed by atoms with E-state index in [2.05, 4.69) is 19.2 Å². The molecule has 1 fully saturated rings. The number of hydrogen-bond donors (Lipinski definition) is 1. The summed E-state index contributed by atoms with van der Waals surface area (Å²) < 4.78 is 12.7. The van der Waals surface area contributed by atoms with Gasteiger partial charge in [0.2, 0.25) is 0 Å². The molecule has 1 atom stereocenters. The van der Waals surface area contributed by atoms with Gasteiger partial charge >= 0.3 is 0 Å². The molecule has 2 heteroatoms. The van der Waals surface area contributed by atoms with Crippen molar-refractivity contribution in [3.8, 4) is 0 Å². The molecule has 0 spiro atoms. The number of rotatable bonds is 5. The fourth-order valence-electron chi connectivity index (χ4n) is 2.35. The van der Waals surface area contributed by atoms with Crippen molar-refractivity contribution in [3.05, 3.63) is 0 Å². The summed E-state index contributed by atoms with van der Waals surface area (Å²) in [5, 5.41) is 3.46. The molecule has 1 rings (SSSR count). The Morgan fingerprint density at radius 3 is 2.36 bits per heavy atom. The van der Waals surface area contributed by atoms with E-state index in [1.54, 1.807) is 0 Å².